The van der Waals surface area contributed by atoms with Gasteiger partial charge in [-0.1, -0.05) is 205 Å². The number of aliphatic hydroxyl groups is 1. The van der Waals surface area contributed by atoms with E-state index in [4.69, 9.17) is 13.9 Å². The van der Waals surface area contributed by atoms with Crippen molar-refractivity contribution in [1.29, 1.82) is 0 Å². The third-order valence-electron chi connectivity index (χ3n) is 12.9. The van der Waals surface area contributed by atoms with Crippen molar-refractivity contribution < 1.29 is 19.0 Å². The molecule has 5 atom stereocenters. The summed E-state index contributed by atoms with van der Waals surface area (Å²) in [5.74, 6) is 1.46. The van der Waals surface area contributed by atoms with Crippen molar-refractivity contribution in [2.24, 2.45) is 17.3 Å². The molecule has 0 bridgehead atoms. The van der Waals surface area contributed by atoms with E-state index in [9.17, 15) is 5.11 Å². The molecule has 0 aliphatic heterocycles. The van der Waals surface area contributed by atoms with Crippen LogP contribution in [0.1, 0.15) is 118 Å². The summed E-state index contributed by atoms with van der Waals surface area (Å²) >= 11 is 0. The molecule has 5 rings (SSSR count). The maximum absolute atomic E-state index is 10.4. The molecule has 0 aromatic heterocycles. The average molecular weight is 827 g/mol. The Labute approximate surface area is 364 Å². The zero-order chi connectivity index (χ0) is 43.0. The molecule has 0 amide bonds. The number of rotatable bonds is 24. The fourth-order valence-corrected chi connectivity index (χ4v) is 13.9. The maximum atomic E-state index is 10.4. The van der Waals surface area contributed by atoms with Crippen LogP contribution in [0.4, 0.5) is 0 Å². The number of unbranched alkanes of at least 4 members (excludes halogenated alkanes) is 7. The molecular formula is C55H74O4Si. The first-order chi connectivity index (χ1) is 29.1. The van der Waals surface area contributed by atoms with E-state index >= 15 is 0 Å². The molecule has 0 radical (unpaired) electrons. The number of aliphatic hydroxyl groups excluding tert-OH is 1. The maximum Gasteiger partial charge on any atom is 0.288 e. The smallest absolute Gasteiger partial charge is 0.288 e. The minimum absolute atomic E-state index is 0.0190. The van der Waals surface area contributed by atoms with E-state index in [1.165, 1.54) is 83.6 Å². The van der Waals surface area contributed by atoms with Crippen LogP contribution in [-0.4, -0.2) is 39.3 Å². The van der Waals surface area contributed by atoms with Crippen LogP contribution in [0.25, 0.3) is 0 Å². The van der Waals surface area contributed by atoms with Crippen molar-refractivity contribution in [3.05, 3.63) is 155 Å². The van der Waals surface area contributed by atoms with Gasteiger partial charge in [-0.15, -0.1) is 0 Å². The average Bonchev–Trinajstić information content (AvgIpc) is 3.52. The summed E-state index contributed by atoms with van der Waals surface area (Å²) in [5, 5.41) is 14.0. The van der Waals surface area contributed by atoms with Crippen LogP contribution in [0.3, 0.4) is 0 Å². The van der Waals surface area contributed by atoms with Crippen molar-refractivity contribution in [3.63, 3.8) is 0 Å². The lowest BCUT2D eigenvalue weighted by Gasteiger charge is -2.41. The summed E-state index contributed by atoms with van der Waals surface area (Å²) in [7, 11) is -1.35. The topological polar surface area (TPSA) is 47.9 Å². The molecule has 4 aromatic carbocycles. The first-order valence-electron chi connectivity index (χ1n) is 22.8. The Morgan fingerprint density at radius 1 is 0.767 bits per heavy atom. The van der Waals surface area contributed by atoms with Gasteiger partial charge in [0.05, 0.1) is 32.5 Å². The molecule has 4 nitrogen and oxygen atoms in total. The first kappa shape index (κ1) is 47.1. The van der Waals surface area contributed by atoms with Crippen LogP contribution >= 0.6 is 0 Å². The van der Waals surface area contributed by atoms with Gasteiger partial charge in [-0.05, 0) is 83.9 Å². The fraction of sp³-hybridized carbons (Fsp3) is 0.455. The van der Waals surface area contributed by atoms with Crippen molar-refractivity contribution in [3.8, 4) is 5.75 Å². The predicted octanol–water partition coefficient (Wildman–Crippen LogP) is 12.0. The summed E-state index contributed by atoms with van der Waals surface area (Å²) < 4.78 is 20.3. The van der Waals surface area contributed by atoms with Gasteiger partial charge in [0.25, 0.3) is 8.32 Å². The monoisotopic (exact) mass is 827 g/mol. The molecule has 5 heteroatoms. The Bertz CT molecular complexity index is 1860. The highest BCUT2D eigenvalue weighted by atomic mass is 28.4. The second-order valence-corrected chi connectivity index (χ2v) is 21.2. The van der Waals surface area contributed by atoms with Gasteiger partial charge in [-0.2, -0.15) is 0 Å². The van der Waals surface area contributed by atoms with Crippen molar-refractivity contribution in [2.45, 2.75) is 131 Å². The van der Waals surface area contributed by atoms with Gasteiger partial charge in [0.2, 0.25) is 0 Å². The number of methoxy groups -OCH3 is 1. The van der Waals surface area contributed by atoms with Crippen molar-refractivity contribution in [1.82, 2.24) is 0 Å². The lowest BCUT2D eigenvalue weighted by Crippen LogP contribution is -2.71. The van der Waals surface area contributed by atoms with E-state index in [0.717, 1.165) is 29.7 Å². The highest BCUT2D eigenvalue weighted by molar-refractivity contribution is 7.07. The zero-order valence-corrected chi connectivity index (χ0v) is 39.1. The van der Waals surface area contributed by atoms with Gasteiger partial charge in [-0.25, -0.2) is 0 Å². The number of hydrogen-bond acceptors (Lipinski definition) is 4. The van der Waals surface area contributed by atoms with E-state index in [1.54, 1.807) is 7.11 Å². The first-order valence-corrected chi connectivity index (χ1v) is 24.7. The minimum atomic E-state index is -3.06. The third-order valence-corrected chi connectivity index (χ3v) is 16.9. The fourth-order valence-electron chi connectivity index (χ4n) is 9.68. The Morgan fingerprint density at radius 3 is 1.78 bits per heavy atom. The largest absolute Gasteiger partial charge is 0.497 e. The molecule has 1 aliphatic rings. The Hall–Kier alpha value is -4.00. The quantitative estimate of drug-likeness (QED) is 0.0331. The summed E-state index contributed by atoms with van der Waals surface area (Å²) in [5.41, 5.74) is 5.64. The van der Waals surface area contributed by atoms with Gasteiger partial charge in [0, 0.05) is 11.3 Å². The third kappa shape index (κ3) is 12.1. The molecule has 1 N–H and O–H groups in total. The minimum Gasteiger partial charge on any atom is -0.497 e. The summed E-state index contributed by atoms with van der Waals surface area (Å²) in [6.45, 7) is 16.6. The Kier molecular flexibility index (Phi) is 18.3. The van der Waals surface area contributed by atoms with Crippen molar-refractivity contribution in [2.75, 3.05) is 13.7 Å². The van der Waals surface area contributed by atoms with E-state index in [2.05, 4.69) is 157 Å². The number of hydrogen-bond donors (Lipinski definition) is 1. The standard InChI is InChI=1S/C55H74O4Si/c1-9-10-11-12-13-14-15-19-26-43(3)53(58-41-47-33-35-48(57-8)36-34-47)45(5)37-44(4)52-39-55(7,38-42(2)40-56)54(46(52)6)59-60(49-27-20-16-21-28-49,50-29-22-17-23-30-50)51-31-24-18-25-32-51/h16-18,20-25,27-38,43,45,53-54,56H,9-15,19,26,39-41H2,1-8H3/b42-38+,44-37+/t43-,45-,53+,54?,55?/m0/s1. The molecule has 2 unspecified atom stereocenters. The van der Waals surface area contributed by atoms with Crippen LogP contribution in [0.5, 0.6) is 5.75 Å². The lowest BCUT2D eigenvalue weighted by molar-refractivity contribution is -0.0194. The van der Waals surface area contributed by atoms with Gasteiger partial charge < -0.3 is 19.0 Å². The second kappa shape index (κ2) is 23.3. The molecule has 60 heavy (non-hydrogen) atoms. The number of ether oxygens (including phenoxy) is 2. The second-order valence-electron chi connectivity index (χ2n) is 17.8. The zero-order valence-electron chi connectivity index (χ0n) is 38.1. The van der Waals surface area contributed by atoms with Gasteiger partial charge in [0.15, 0.2) is 0 Å². The number of benzene rings is 4. The summed E-state index contributed by atoms with van der Waals surface area (Å²) in [4.78, 5) is 0. The molecule has 0 spiro atoms. The summed E-state index contributed by atoms with van der Waals surface area (Å²) in [6, 6.07) is 40.9. The Balaban J connectivity index is 1.50. The van der Waals surface area contributed by atoms with Crippen LogP contribution in [0, 0.1) is 17.3 Å². The van der Waals surface area contributed by atoms with E-state index < -0.39 is 8.32 Å². The van der Waals surface area contributed by atoms with E-state index in [-0.39, 0.29) is 30.1 Å². The molecule has 0 saturated heterocycles. The number of allylic oxidation sites excluding steroid dienone is 2. The van der Waals surface area contributed by atoms with Gasteiger partial charge >= 0.3 is 0 Å². The van der Waals surface area contributed by atoms with E-state index in [0.29, 0.717) is 12.5 Å². The van der Waals surface area contributed by atoms with Crippen LogP contribution in [0.2, 0.25) is 0 Å². The molecule has 0 heterocycles. The SMILES string of the molecule is CCCCCCCCCC[C@H](C)[C@@H](OCc1ccc(OC)cc1)[C@@H](C)/C=C(\C)C1=C(C)C(O[Si](c2ccccc2)(c2ccccc2)c2ccccc2)C(C)(/C=C(\C)CO)C1. The summed E-state index contributed by atoms with van der Waals surface area (Å²) in [6.07, 6.45) is 17.2. The Morgan fingerprint density at radius 2 is 1.28 bits per heavy atom. The highest BCUT2D eigenvalue weighted by Gasteiger charge is 2.50. The van der Waals surface area contributed by atoms with Crippen molar-refractivity contribution >= 4 is 23.9 Å². The van der Waals surface area contributed by atoms with Crippen LogP contribution in [0.15, 0.2) is 150 Å². The lowest BCUT2D eigenvalue weighted by atomic mass is 9.81. The molecule has 322 valence electrons. The highest BCUT2D eigenvalue weighted by Crippen LogP contribution is 2.49. The molecular weight excluding hydrogens is 753 g/mol. The molecule has 4 aromatic rings. The predicted molar refractivity (Wildman–Crippen MR) is 256 cm³/mol. The van der Waals surface area contributed by atoms with Crippen LogP contribution in [-0.2, 0) is 15.8 Å². The molecule has 0 saturated carbocycles. The van der Waals surface area contributed by atoms with Gasteiger partial charge in [-0.3, -0.25) is 0 Å². The van der Waals surface area contributed by atoms with Gasteiger partial charge in [0.1, 0.15) is 5.75 Å². The van der Waals surface area contributed by atoms with Crippen LogP contribution < -0.4 is 20.3 Å². The van der Waals surface area contributed by atoms with E-state index in [1.807, 2.05) is 19.1 Å². The molecule has 1 aliphatic carbocycles. The molecule has 0 fully saturated rings. The normalized spacial score (nSPS) is 19.1.